The van der Waals surface area contributed by atoms with Crippen LogP contribution < -0.4 is 0 Å². The van der Waals surface area contributed by atoms with Crippen molar-refractivity contribution in [3.05, 3.63) is 102 Å². The molecule has 3 rings (SSSR count). The summed E-state index contributed by atoms with van der Waals surface area (Å²) in [7, 11) is -4.01. The number of allylic oxidation sites excluding steroid dienone is 1. The van der Waals surface area contributed by atoms with Crippen molar-refractivity contribution in [3.63, 3.8) is 0 Å². The fourth-order valence-corrected chi connectivity index (χ4v) is 5.25. The van der Waals surface area contributed by atoms with Crippen LogP contribution in [0.15, 0.2) is 64.9 Å². The van der Waals surface area contributed by atoms with Gasteiger partial charge < -0.3 is 0 Å². The van der Waals surface area contributed by atoms with Gasteiger partial charge in [-0.2, -0.15) is 0 Å². The third kappa shape index (κ3) is 5.02. The Morgan fingerprint density at radius 2 is 1.73 bits per heavy atom. The van der Waals surface area contributed by atoms with Crippen LogP contribution in [0.1, 0.15) is 26.4 Å². The zero-order valence-corrected chi connectivity index (χ0v) is 18.1. The Morgan fingerprint density at radius 1 is 1.10 bits per heavy atom. The average molecular weight is 462 g/mol. The summed E-state index contributed by atoms with van der Waals surface area (Å²) in [4.78, 5) is 23.7. The molecule has 0 aliphatic heterocycles. The molecule has 30 heavy (non-hydrogen) atoms. The molecule has 0 saturated carbocycles. The van der Waals surface area contributed by atoms with E-state index in [-0.39, 0.29) is 21.9 Å². The maximum Gasteiger partial charge on any atom is 0.269 e. The lowest BCUT2D eigenvalue weighted by Gasteiger charge is -2.10. The predicted molar refractivity (Wildman–Crippen MR) is 119 cm³/mol. The van der Waals surface area contributed by atoms with Crippen LogP contribution in [0.5, 0.6) is 0 Å². The fraction of sp³-hybridized carbons (Fsp3) is 0.0952. The van der Waals surface area contributed by atoms with E-state index in [9.17, 15) is 23.3 Å². The monoisotopic (exact) mass is 461 g/mol. The minimum atomic E-state index is -4.01. The molecule has 9 heteroatoms. The van der Waals surface area contributed by atoms with Gasteiger partial charge in [-0.25, -0.2) is 8.42 Å². The standard InChI is InChI=1S/C21H16ClNO5S2/c1-14-10-11-29-19(14)12-20(21(24)16-4-8-18(9-5-16)23(25)26)30(27,28)13-15-2-6-17(22)7-3-15/h2-12H,13H2,1H3. The summed E-state index contributed by atoms with van der Waals surface area (Å²) in [6.45, 7) is 1.82. The molecule has 0 unspecified atom stereocenters. The highest BCUT2D eigenvalue weighted by atomic mass is 35.5. The van der Waals surface area contributed by atoms with Gasteiger partial charge in [0.25, 0.3) is 5.69 Å². The van der Waals surface area contributed by atoms with Crippen LogP contribution in [0.3, 0.4) is 0 Å². The van der Waals surface area contributed by atoms with E-state index in [4.69, 9.17) is 11.6 Å². The quantitative estimate of drug-likeness (QED) is 0.201. The summed E-state index contributed by atoms with van der Waals surface area (Å²) in [6.07, 6.45) is 1.37. The van der Waals surface area contributed by atoms with Gasteiger partial charge in [-0.3, -0.25) is 14.9 Å². The largest absolute Gasteiger partial charge is 0.288 e. The summed E-state index contributed by atoms with van der Waals surface area (Å²) in [5.74, 6) is -1.09. The van der Waals surface area contributed by atoms with E-state index in [1.807, 2.05) is 13.0 Å². The zero-order chi connectivity index (χ0) is 21.9. The Labute approximate surface area is 182 Å². The number of rotatable bonds is 7. The van der Waals surface area contributed by atoms with Gasteiger partial charge in [0.05, 0.1) is 10.7 Å². The van der Waals surface area contributed by atoms with Crippen molar-refractivity contribution in [3.8, 4) is 0 Å². The van der Waals surface area contributed by atoms with E-state index in [1.54, 1.807) is 29.6 Å². The first-order chi connectivity index (χ1) is 14.2. The lowest BCUT2D eigenvalue weighted by molar-refractivity contribution is -0.384. The maximum absolute atomic E-state index is 13.2. The topological polar surface area (TPSA) is 94.3 Å². The summed E-state index contributed by atoms with van der Waals surface area (Å²) in [5.41, 5.74) is 1.20. The number of hydrogen-bond acceptors (Lipinski definition) is 6. The molecule has 1 aromatic heterocycles. The molecule has 0 atom stereocenters. The van der Waals surface area contributed by atoms with Gasteiger partial charge in [-0.15, -0.1) is 11.3 Å². The molecular formula is C21H16ClNO5S2. The molecule has 3 aromatic rings. The molecule has 154 valence electrons. The van der Waals surface area contributed by atoms with Crippen molar-refractivity contribution >= 4 is 50.3 Å². The SMILES string of the molecule is Cc1ccsc1C=C(C(=O)c1ccc([N+](=O)[O-])cc1)S(=O)(=O)Cc1ccc(Cl)cc1. The fourth-order valence-electron chi connectivity index (χ4n) is 2.70. The number of hydrogen-bond donors (Lipinski definition) is 0. The molecule has 2 aromatic carbocycles. The third-order valence-corrected chi connectivity index (χ3v) is 7.24. The Hall–Kier alpha value is -2.81. The Kier molecular flexibility index (Phi) is 6.50. The van der Waals surface area contributed by atoms with Gasteiger partial charge in [-0.1, -0.05) is 23.7 Å². The number of nitrogens with zero attached hydrogens (tertiary/aromatic N) is 1. The second kappa shape index (κ2) is 8.91. The smallest absolute Gasteiger partial charge is 0.269 e. The first kappa shape index (κ1) is 21.9. The number of halogens is 1. The lowest BCUT2D eigenvalue weighted by atomic mass is 10.1. The second-order valence-corrected chi connectivity index (χ2v) is 9.84. The first-order valence-electron chi connectivity index (χ1n) is 8.69. The van der Waals surface area contributed by atoms with Gasteiger partial charge in [0.1, 0.15) is 4.91 Å². The predicted octanol–water partition coefficient (Wildman–Crippen LogP) is 5.46. The lowest BCUT2D eigenvalue weighted by Crippen LogP contribution is -2.16. The van der Waals surface area contributed by atoms with Gasteiger partial charge in [0.15, 0.2) is 9.84 Å². The highest BCUT2D eigenvalue weighted by molar-refractivity contribution is 7.95. The van der Waals surface area contributed by atoms with Crippen molar-refractivity contribution in [2.24, 2.45) is 0 Å². The van der Waals surface area contributed by atoms with E-state index in [2.05, 4.69) is 0 Å². The molecule has 6 nitrogen and oxygen atoms in total. The minimum absolute atomic E-state index is 0.0562. The number of non-ortho nitro benzene ring substituents is 1. The summed E-state index contributed by atoms with van der Waals surface area (Å²) < 4.78 is 26.4. The van der Waals surface area contributed by atoms with Gasteiger partial charge in [-0.05, 0) is 59.8 Å². The summed E-state index contributed by atoms with van der Waals surface area (Å²) in [5, 5.41) is 13.1. The second-order valence-electron chi connectivity index (χ2n) is 6.50. The molecule has 0 bridgehead atoms. The van der Waals surface area contributed by atoms with Crippen LogP contribution in [-0.4, -0.2) is 19.1 Å². The molecule has 0 fully saturated rings. The highest BCUT2D eigenvalue weighted by Gasteiger charge is 2.27. The number of aryl methyl sites for hydroxylation is 1. The maximum atomic E-state index is 13.2. The van der Waals surface area contributed by atoms with Crippen molar-refractivity contribution in [1.82, 2.24) is 0 Å². The molecule has 0 N–H and O–H groups in total. The van der Waals surface area contributed by atoms with Crippen LogP contribution in [0.2, 0.25) is 5.02 Å². The van der Waals surface area contributed by atoms with Crippen LogP contribution in [0.25, 0.3) is 6.08 Å². The highest BCUT2D eigenvalue weighted by Crippen LogP contribution is 2.27. The molecule has 0 saturated heterocycles. The number of sulfone groups is 1. The number of Topliss-reactive ketones (excluding diaryl/α,β-unsaturated/α-hetero) is 1. The van der Waals surface area contributed by atoms with Crippen molar-refractivity contribution < 1.29 is 18.1 Å². The van der Waals surface area contributed by atoms with Gasteiger partial charge in [0.2, 0.25) is 5.78 Å². The summed E-state index contributed by atoms with van der Waals surface area (Å²) in [6, 6.07) is 13.0. The molecule has 0 amide bonds. The van der Waals surface area contributed by atoms with Crippen molar-refractivity contribution in [2.75, 3.05) is 0 Å². The van der Waals surface area contributed by atoms with E-state index in [1.165, 1.54) is 41.7 Å². The van der Waals surface area contributed by atoms with E-state index in [0.717, 1.165) is 5.56 Å². The van der Waals surface area contributed by atoms with Gasteiger partial charge in [0, 0.05) is 27.6 Å². The first-order valence-corrected chi connectivity index (χ1v) is 11.6. The van der Waals surface area contributed by atoms with Crippen molar-refractivity contribution in [2.45, 2.75) is 12.7 Å². The molecular weight excluding hydrogens is 446 g/mol. The number of thiophene rings is 1. The van der Waals surface area contributed by atoms with Crippen LogP contribution in [0.4, 0.5) is 5.69 Å². The number of ketones is 1. The number of carbonyl (C=O) groups is 1. The molecule has 0 radical (unpaired) electrons. The van der Waals surface area contributed by atoms with E-state index < -0.39 is 20.5 Å². The number of carbonyl (C=O) groups excluding carboxylic acids is 1. The number of nitro groups is 1. The van der Waals surface area contributed by atoms with Crippen LogP contribution >= 0.6 is 22.9 Å². The molecule has 1 heterocycles. The normalized spacial score (nSPS) is 12.0. The summed E-state index contributed by atoms with van der Waals surface area (Å²) >= 11 is 7.18. The molecule has 0 spiro atoms. The zero-order valence-electron chi connectivity index (χ0n) is 15.7. The molecule has 0 aliphatic carbocycles. The van der Waals surface area contributed by atoms with Gasteiger partial charge >= 0.3 is 0 Å². The number of benzene rings is 2. The van der Waals surface area contributed by atoms with E-state index >= 15 is 0 Å². The Bertz CT molecular complexity index is 1230. The van der Waals surface area contributed by atoms with Crippen molar-refractivity contribution in [1.29, 1.82) is 0 Å². The Balaban J connectivity index is 2.05. The van der Waals surface area contributed by atoms with E-state index in [0.29, 0.717) is 15.5 Å². The molecule has 0 aliphatic rings. The third-order valence-electron chi connectivity index (χ3n) is 4.33. The Morgan fingerprint density at radius 3 is 2.27 bits per heavy atom. The average Bonchev–Trinajstić information content (AvgIpc) is 3.11. The minimum Gasteiger partial charge on any atom is -0.288 e. The number of nitro benzene ring substituents is 1. The van der Waals surface area contributed by atoms with Crippen LogP contribution in [-0.2, 0) is 15.6 Å². The van der Waals surface area contributed by atoms with Crippen LogP contribution in [0, 0.1) is 17.0 Å².